The van der Waals surface area contributed by atoms with Gasteiger partial charge in [-0.2, -0.15) is 0 Å². The molecule has 2 heteroatoms. The smallest absolute Gasteiger partial charge is 0.0802 e. The van der Waals surface area contributed by atoms with Crippen LogP contribution in [0.25, 0.3) is 0 Å². The van der Waals surface area contributed by atoms with Crippen LogP contribution in [0.1, 0.15) is 40.5 Å². The molecule has 2 nitrogen and oxygen atoms in total. The van der Waals surface area contributed by atoms with Gasteiger partial charge in [-0.3, -0.25) is 0 Å². The van der Waals surface area contributed by atoms with Crippen molar-refractivity contribution >= 4 is 0 Å². The molecule has 1 atom stereocenters. The lowest BCUT2D eigenvalue weighted by atomic mass is 9.63. The second-order valence-electron chi connectivity index (χ2n) is 4.80. The average Bonchev–Trinajstić information content (AvgIpc) is 1.98. The lowest BCUT2D eigenvalue weighted by Crippen LogP contribution is -2.58. The molecule has 1 fully saturated rings. The molecule has 0 amide bonds. The normalized spacial score (nSPS) is 36.0. The lowest BCUT2D eigenvalue weighted by molar-refractivity contribution is -0.108. The van der Waals surface area contributed by atoms with E-state index < -0.39 is 5.60 Å². The Balaban J connectivity index is 2.36. The van der Waals surface area contributed by atoms with Gasteiger partial charge in [-0.15, -0.1) is 0 Å². The summed E-state index contributed by atoms with van der Waals surface area (Å²) in [5.41, 5.74) is -0.426. The monoisotopic (exact) mass is 185 g/mol. The van der Waals surface area contributed by atoms with Gasteiger partial charge in [-0.05, 0) is 38.1 Å². The molecule has 0 heterocycles. The fourth-order valence-electron chi connectivity index (χ4n) is 2.17. The molecule has 1 aliphatic rings. The summed E-state index contributed by atoms with van der Waals surface area (Å²) in [4.78, 5) is 0. The minimum absolute atomic E-state index is 0.243. The summed E-state index contributed by atoms with van der Waals surface area (Å²) in [6.45, 7) is 9.58. The molecular weight excluding hydrogens is 162 g/mol. The Morgan fingerprint density at radius 3 is 2.31 bits per heavy atom. The molecule has 13 heavy (non-hydrogen) atoms. The van der Waals surface area contributed by atoms with Crippen LogP contribution in [0.15, 0.2) is 0 Å². The molecule has 0 aliphatic heterocycles. The second kappa shape index (κ2) is 3.97. The van der Waals surface area contributed by atoms with Gasteiger partial charge < -0.3 is 10.4 Å². The first-order valence-electron chi connectivity index (χ1n) is 5.45. The lowest BCUT2D eigenvalue weighted by Gasteiger charge is -2.49. The van der Waals surface area contributed by atoms with Crippen LogP contribution in [0.2, 0.25) is 0 Å². The van der Waals surface area contributed by atoms with Crippen LogP contribution in [0.4, 0.5) is 0 Å². The number of hydrogen-bond donors (Lipinski definition) is 2. The highest BCUT2D eigenvalue weighted by Crippen LogP contribution is 2.43. The molecule has 78 valence electrons. The molecule has 1 rings (SSSR count). The van der Waals surface area contributed by atoms with Crippen LogP contribution >= 0.6 is 0 Å². The first-order chi connectivity index (χ1) is 5.99. The predicted molar refractivity (Wildman–Crippen MR) is 55.7 cm³/mol. The molecule has 1 saturated carbocycles. The zero-order valence-electron chi connectivity index (χ0n) is 9.30. The summed E-state index contributed by atoms with van der Waals surface area (Å²) < 4.78 is 0. The molecule has 0 spiro atoms. The molecule has 0 bridgehead atoms. The summed E-state index contributed by atoms with van der Waals surface area (Å²) in [6, 6.07) is 0.243. The molecule has 1 unspecified atom stereocenters. The average molecular weight is 185 g/mol. The van der Waals surface area contributed by atoms with Gasteiger partial charge in [-0.1, -0.05) is 20.8 Å². The van der Waals surface area contributed by atoms with Crippen LogP contribution in [-0.4, -0.2) is 23.3 Å². The second-order valence-corrected chi connectivity index (χ2v) is 4.80. The van der Waals surface area contributed by atoms with Crippen LogP contribution in [-0.2, 0) is 0 Å². The Hall–Kier alpha value is -0.0800. The van der Waals surface area contributed by atoms with E-state index >= 15 is 0 Å². The topological polar surface area (TPSA) is 32.3 Å². The predicted octanol–water partition coefficient (Wildman–Crippen LogP) is 1.78. The highest BCUT2D eigenvalue weighted by molar-refractivity contribution is 5.01. The Morgan fingerprint density at radius 1 is 1.38 bits per heavy atom. The first kappa shape index (κ1) is 11.0. The number of likely N-dealkylation sites (N-methyl/N-ethyl adjacent to an activating group) is 1. The van der Waals surface area contributed by atoms with Gasteiger partial charge in [0.05, 0.1) is 5.60 Å². The van der Waals surface area contributed by atoms with E-state index in [1.165, 1.54) is 0 Å². The molecule has 2 N–H and O–H groups in total. The van der Waals surface area contributed by atoms with Crippen molar-refractivity contribution in [3.05, 3.63) is 0 Å². The Bertz CT molecular complexity index is 161. The molecule has 0 aromatic rings. The van der Waals surface area contributed by atoms with E-state index in [1.54, 1.807) is 0 Å². The SMILES string of the molecule is CCNC(C)C1(O)CC(C(C)C)C1. The van der Waals surface area contributed by atoms with Crippen LogP contribution in [0.5, 0.6) is 0 Å². The summed E-state index contributed by atoms with van der Waals surface area (Å²) >= 11 is 0. The van der Waals surface area contributed by atoms with E-state index in [4.69, 9.17) is 0 Å². The summed E-state index contributed by atoms with van der Waals surface area (Å²) in [5, 5.41) is 13.5. The number of rotatable bonds is 4. The van der Waals surface area contributed by atoms with Crippen molar-refractivity contribution in [3.8, 4) is 0 Å². The number of aliphatic hydroxyl groups is 1. The molecule has 0 radical (unpaired) electrons. The summed E-state index contributed by atoms with van der Waals surface area (Å²) in [7, 11) is 0. The van der Waals surface area contributed by atoms with Crippen molar-refractivity contribution in [2.45, 2.75) is 52.2 Å². The maximum atomic E-state index is 10.2. The molecule has 0 saturated heterocycles. The highest BCUT2D eigenvalue weighted by atomic mass is 16.3. The zero-order valence-corrected chi connectivity index (χ0v) is 9.30. The van der Waals surface area contributed by atoms with Crippen molar-refractivity contribution in [1.29, 1.82) is 0 Å². The quantitative estimate of drug-likeness (QED) is 0.700. The maximum Gasteiger partial charge on any atom is 0.0802 e. The van der Waals surface area contributed by atoms with Crippen molar-refractivity contribution in [1.82, 2.24) is 5.32 Å². The van der Waals surface area contributed by atoms with Crippen molar-refractivity contribution in [3.63, 3.8) is 0 Å². The van der Waals surface area contributed by atoms with E-state index in [0.717, 1.165) is 25.3 Å². The molecular formula is C11H23NO. The summed E-state index contributed by atoms with van der Waals surface area (Å²) in [5.74, 6) is 1.44. The van der Waals surface area contributed by atoms with Crippen molar-refractivity contribution in [2.24, 2.45) is 11.8 Å². The van der Waals surface area contributed by atoms with Gasteiger partial charge in [0.2, 0.25) is 0 Å². The van der Waals surface area contributed by atoms with Gasteiger partial charge in [0.15, 0.2) is 0 Å². The van der Waals surface area contributed by atoms with E-state index in [0.29, 0.717) is 5.92 Å². The number of nitrogens with one attached hydrogen (secondary N) is 1. The van der Waals surface area contributed by atoms with Crippen molar-refractivity contribution in [2.75, 3.05) is 6.54 Å². The van der Waals surface area contributed by atoms with Gasteiger partial charge >= 0.3 is 0 Å². The largest absolute Gasteiger partial charge is 0.388 e. The third-order valence-electron chi connectivity index (χ3n) is 3.49. The molecule has 0 aromatic heterocycles. The van der Waals surface area contributed by atoms with Gasteiger partial charge in [-0.25, -0.2) is 0 Å². The Kier molecular flexibility index (Phi) is 3.36. The Labute approximate surface area is 81.7 Å². The molecule has 1 aliphatic carbocycles. The van der Waals surface area contributed by atoms with Crippen LogP contribution < -0.4 is 5.32 Å². The van der Waals surface area contributed by atoms with Crippen LogP contribution in [0, 0.1) is 11.8 Å². The third-order valence-corrected chi connectivity index (χ3v) is 3.49. The van der Waals surface area contributed by atoms with Gasteiger partial charge in [0.25, 0.3) is 0 Å². The Morgan fingerprint density at radius 2 is 1.92 bits per heavy atom. The first-order valence-corrected chi connectivity index (χ1v) is 5.45. The van der Waals surface area contributed by atoms with E-state index in [-0.39, 0.29) is 6.04 Å². The molecule has 0 aromatic carbocycles. The highest BCUT2D eigenvalue weighted by Gasteiger charge is 2.46. The third kappa shape index (κ3) is 2.23. The fraction of sp³-hybridized carbons (Fsp3) is 1.00. The summed E-state index contributed by atoms with van der Waals surface area (Å²) in [6.07, 6.45) is 1.94. The van der Waals surface area contributed by atoms with E-state index in [1.807, 2.05) is 0 Å². The number of hydrogen-bond acceptors (Lipinski definition) is 2. The van der Waals surface area contributed by atoms with Gasteiger partial charge in [0, 0.05) is 6.04 Å². The van der Waals surface area contributed by atoms with E-state index in [9.17, 15) is 5.11 Å². The van der Waals surface area contributed by atoms with Crippen LogP contribution in [0.3, 0.4) is 0 Å². The maximum absolute atomic E-state index is 10.2. The minimum atomic E-state index is -0.426. The zero-order chi connectivity index (χ0) is 10.1. The van der Waals surface area contributed by atoms with Crippen molar-refractivity contribution < 1.29 is 5.11 Å². The minimum Gasteiger partial charge on any atom is -0.388 e. The van der Waals surface area contributed by atoms with E-state index in [2.05, 4.69) is 33.0 Å². The fourth-order valence-corrected chi connectivity index (χ4v) is 2.17. The van der Waals surface area contributed by atoms with Gasteiger partial charge in [0.1, 0.15) is 0 Å². The standard InChI is InChI=1S/C11H23NO/c1-5-12-9(4)11(13)6-10(7-11)8(2)3/h8-10,12-13H,5-7H2,1-4H3.